The van der Waals surface area contributed by atoms with Crippen LogP contribution in [-0.2, 0) is 9.84 Å². The van der Waals surface area contributed by atoms with Crippen molar-refractivity contribution in [2.24, 2.45) is 0 Å². The smallest absolute Gasteiger partial charge is 0.341 e. The van der Waals surface area contributed by atoms with Crippen LogP contribution in [0.3, 0.4) is 0 Å². The second-order valence-corrected chi connectivity index (χ2v) is 7.42. The maximum Gasteiger partial charge on any atom is 0.341 e. The molecule has 0 spiro atoms. The maximum atomic E-state index is 12.5. The molecule has 1 aromatic rings. The van der Waals surface area contributed by atoms with Crippen LogP contribution in [0.1, 0.15) is 25.7 Å². The molecule has 1 atom stereocenters. The first-order valence-corrected chi connectivity index (χ1v) is 8.99. The molecule has 118 valence electrons. The predicted molar refractivity (Wildman–Crippen MR) is 80.0 cm³/mol. The van der Waals surface area contributed by atoms with Gasteiger partial charge in [0.2, 0.25) is 9.84 Å². The summed E-state index contributed by atoms with van der Waals surface area (Å²) >= 11 is 5.72. The Labute approximate surface area is 128 Å². The van der Waals surface area contributed by atoms with Gasteiger partial charge < -0.3 is 4.90 Å². The summed E-state index contributed by atoms with van der Waals surface area (Å²) in [5.74, 6) is -2.76. The van der Waals surface area contributed by atoms with E-state index < -0.39 is 15.6 Å². The van der Waals surface area contributed by atoms with E-state index in [0.29, 0.717) is 11.9 Å². The molecule has 1 saturated heterocycles. The first-order chi connectivity index (χ1) is 9.96. The third kappa shape index (κ3) is 3.66. The molecule has 0 amide bonds. The Balaban J connectivity index is 2.15. The minimum Gasteiger partial charge on any atom is -0.369 e. The van der Waals surface area contributed by atoms with Crippen LogP contribution in [0.2, 0.25) is 0 Å². The van der Waals surface area contributed by atoms with Crippen LogP contribution in [-0.4, -0.2) is 32.6 Å². The van der Waals surface area contributed by atoms with Gasteiger partial charge in [0.15, 0.2) is 0 Å². The van der Waals surface area contributed by atoms with Crippen molar-refractivity contribution in [3.63, 3.8) is 0 Å². The minimum absolute atomic E-state index is 0.335. The van der Waals surface area contributed by atoms with Gasteiger partial charge in [0, 0.05) is 24.2 Å². The molecular formula is C14H18ClF2NO2S. The highest BCUT2D eigenvalue weighted by molar-refractivity contribution is 7.91. The number of sulfone groups is 1. The lowest BCUT2D eigenvalue weighted by atomic mass is 10.1. The Morgan fingerprint density at radius 2 is 1.95 bits per heavy atom. The Bertz CT molecular complexity index is 563. The highest BCUT2D eigenvalue weighted by Crippen LogP contribution is 2.29. The molecule has 21 heavy (non-hydrogen) atoms. The number of hydrogen-bond acceptors (Lipinski definition) is 3. The monoisotopic (exact) mass is 337 g/mol. The number of nitrogens with zero attached hydrogens (tertiary/aromatic N) is 1. The summed E-state index contributed by atoms with van der Waals surface area (Å²) in [5.41, 5.74) is 0.875. The summed E-state index contributed by atoms with van der Waals surface area (Å²) in [6.45, 7) is 0.897. The molecule has 0 N–H and O–H groups in total. The second-order valence-electron chi connectivity index (χ2n) is 5.12. The normalized spacial score (nSPS) is 19.4. The van der Waals surface area contributed by atoms with Crippen LogP contribution in [0.4, 0.5) is 14.5 Å². The number of halogens is 3. The summed E-state index contributed by atoms with van der Waals surface area (Å²) < 4.78 is 47.8. The average Bonchev–Trinajstić information content (AvgIpc) is 2.93. The number of anilines is 1. The van der Waals surface area contributed by atoms with Gasteiger partial charge in [-0.25, -0.2) is 8.42 Å². The van der Waals surface area contributed by atoms with Crippen LogP contribution >= 0.6 is 11.6 Å². The predicted octanol–water partition coefficient (Wildman–Crippen LogP) is 3.67. The highest BCUT2D eigenvalue weighted by Gasteiger charge is 2.28. The van der Waals surface area contributed by atoms with Crippen LogP contribution in [0.5, 0.6) is 0 Å². The van der Waals surface area contributed by atoms with Crippen molar-refractivity contribution in [3.8, 4) is 0 Å². The molecule has 0 aliphatic carbocycles. The summed E-state index contributed by atoms with van der Waals surface area (Å²) in [6, 6.07) is 6.12. The van der Waals surface area contributed by atoms with Gasteiger partial charge in [-0.05, 0) is 49.9 Å². The van der Waals surface area contributed by atoms with Crippen molar-refractivity contribution in [2.75, 3.05) is 17.3 Å². The lowest BCUT2D eigenvalue weighted by Gasteiger charge is -2.27. The fourth-order valence-electron chi connectivity index (χ4n) is 2.72. The molecule has 1 aromatic carbocycles. The van der Waals surface area contributed by atoms with Gasteiger partial charge in [-0.1, -0.05) is 0 Å². The third-order valence-corrected chi connectivity index (χ3v) is 5.45. The number of benzene rings is 1. The van der Waals surface area contributed by atoms with Crippen molar-refractivity contribution >= 4 is 27.1 Å². The maximum absolute atomic E-state index is 12.5. The van der Waals surface area contributed by atoms with Gasteiger partial charge in [-0.2, -0.15) is 8.78 Å². The molecule has 0 saturated carbocycles. The molecule has 1 aliphatic rings. The summed E-state index contributed by atoms with van der Waals surface area (Å²) in [5, 5.41) is 0. The van der Waals surface area contributed by atoms with Crippen LogP contribution < -0.4 is 4.90 Å². The highest BCUT2D eigenvalue weighted by atomic mass is 35.5. The SMILES string of the molecule is O=S(=O)(c1ccc(N2CCCC2CCCCl)cc1)C(F)F. The van der Waals surface area contributed by atoms with E-state index in [9.17, 15) is 17.2 Å². The van der Waals surface area contributed by atoms with Crippen LogP contribution in [0.25, 0.3) is 0 Å². The standard InChI is InChI=1S/C14H18ClF2NO2S/c15-9-1-3-11-4-2-10-18(11)12-5-7-13(8-6-12)21(19,20)14(16)17/h5-8,11,14H,1-4,9-10H2. The summed E-state index contributed by atoms with van der Waals surface area (Å²) in [4.78, 5) is 1.86. The van der Waals surface area contributed by atoms with E-state index in [2.05, 4.69) is 4.90 Å². The average molecular weight is 338 g/mol. The number of hydrogen-bond donors (Lipinski definition) is 0. The topological polar surface area (TPSA) is 37.4 Å². The van der Waals surface area contributed by atoms with Crippen molar-refractivity contribution in [3.05, 3.63) is 24.3 Å². The molecule has 0 aromatic heterocycles. The van der Waals surface area contributed by atoms with Gasteiger partial charge in [0.05, 0.1) is 4.90 Å². The zero-order chi connectivity index (χ0) is 15.5. The first-order valence-electron chi connectivity index (χ1n) is 6.91. The van der Waals surface area contributed by atoms with Crippen LogP contribution in [0, 0.1) is 0 Å². The van der Waals surface area contributed by atoms with Crippen LogP contribution in [0.15, 0.2) is 29.2 Å². The van der Waals surface area contributed by atoms with Gasteiger partial charge >= 0.3 is 5.76 Å². The second kappa shape index (κ2) is 6.92. The largest absolute Gasteiger partial charge is 0.369 e. The molecule has 7 heteroatoms. The molecule has 0 radical (unpaired) electrons. The van der Waals surface area contributed by atoms with Crippen molar-refractivity contribution in [2.45, 2.75) is 42.4 Å². The zero-order valence-corrected chi connectivity index (χ0v) is 13.1. The molecule has 2 rings (SSSR count). The van der Waals surface area contributed by atoms with Gasteiger partial charge in [-0.3, -0.25) is 0 Å². The van der Waals surface area contributed by atoms with Crippen molar-refractivity contribution < 1.29 is 17.2 Å². The van der Waals surface area contributed by atoms with E-state index >= 15 is 0 Å². The van der Waals surface area contributed by atoms with Gasteiger partial charge in [-0.15, -0.1) is 11.6 Å². The number of rotatable bonds is 6. The fourth-order valence-corrected chi connectivity index (χ4v) is 3.59. The first kappa shape index (κ1) is 16.5. The lowest BCUT2D eigenvalue weighted by molar-refractivity contribution is 0.234. The quantitative estimate of drug-likeness (QED) is 0.743. The number of alkyl halides is 3. The lowest BCUT2D eigenvalue weighted by Crippen LogP contribution is -2.29. The summed E-state index contributed by atoms with van der Waals surface area (Å²) in [6.07, 6.45) is 4.07. The van der Waals surface area contributed by atoms with E-state index in [1.807, 2.05) is 0 Å². The Morgan fingerprint density at radius 3 is 2.52 bits per heavy atom. The Hall–Kier alpha value is -0.880. The molecule has 1 aliphatic heterocycles. The Morgan fingerprint density at radius 1 is 1.29 bits per heavy atom. The molecule has 1 heterocycles. The van der Waals surface area contributed by atoms with E-state index in [0.717, 1.165) is 37.9 Å². The Kier molecular flexibility index (Phi) is 5.43. The molecule has 3 nitrogen and oxygen atoms in total. The summed E-state index contributed by atoms with van der Waals surface area (Å²) in [7, 11) is -4.51. The van der Waals surface area contributed by atoms with Crippen molar-refractivity contribution in [1.82, 2.24) is 0 Å². The zero-order valence-electron chi connectivity index (χ0n) is 11.5. The van der Waals surface area contributed by atoms with E-state index in [4.69, 9.17) is 11.6 Å². The van der Waals surface area contributed by atoms with E-state index in [1.165, 1.54) is 12.1 Å². The molecule has 1 fully saturated rings. The third-order valence-electron chi connectivity index (χ3n) is 3.78. The fraction of sp³-hybridized carbons (Fsp3) is 0.571. The van der Waals surface area contributed by atoms with E-state index in [1.54, 1.807) is 12.1 Å². The van der Waals surface area contributed by atoms with Gasteiger partial charge in [0.1, 0.15) is 0 Å². The molecule has 1 unspecified atom stereocenters. The van der Waals surface area contributed by atoms with Gasteiger partial charge in [0.25, 0.3) is 0 Å². The van der Waals surface area contributed by atoms with E-state index in [-0.39, 0.29) is 4.90 Å². The van der Waals surface area contributed by atoms with Crippen molar-refractivity contribution in [1.29, 1.82) is 0 Å². The minimum atomic E-state index is -4.51. The molecular weight excluding hydrogens is 320 g/mol. The molecule has 0 bridgehead atoms.